The minimum Gasteiger partial charge on any atom is -0.508 e. The molecular weight excluding hydrogens is 361 g/mol. The van der Waals surface area contributed by atoms with Gasteiger partial charge in [0.05, 0.1) is 5.56 Å². The molecule has 0 radical (unpaired) electrons. The molecule has 1 N–H and O–H groups in total. The summed E-state index contributed by atoms with van der Waals surface area (Å²) in [6.45, 7) is 2.47. The zero-order valence-electron chi connectivity index (χ0n) is 15.5. The van der Waals surface area contributed by atoms with E-state index in [1.165, 1.54) is 6.07 Å². The molecule has 1 saturated heterocycles. The molecule has 3 aromatic rings. The summed E-state index contributed by atoms with van der Waals surface area (Å²) in [7, 11) is 0. The quantitative estimate of drug-likeness (QED) is 0.727. The second-order valence-electron chi connectivity index (χ2n) is 6.95. The first-order valence-corrected chi connectivity index (χ1v) is 9.22. The highest BCUT2D eigenvalue weighted by Gasteiger charge is 2.23. The highest BCUT2D eigenvalue weighted by atomic mass is 19.1. The Morgan fingerprint density at radius 3 is 2.82 bits per heavy atom. The third-order valence-corrected chi connectivity index (χ3v) is 4.93. The highest BCUT2D eigenvalue weighted by molar-refractivity contribution is 5.95. The molecule has 28 heavy (non-hydrogen) atoms. The van der Waals surface area contributed by atoms with E-state index in [4.69, 9.17) is 4.52 Å². The van der Waals surface area contributed by atoms with Gasteiger partial charge in [0.15, 0.2) is 5.82 Å². The zero-order valence-corrected chi connectivity index (χ0v) is 15.5. The molecule has 144 valence electrons. The van der Waals surface area contributed by atoms with Crippen LogP contribution in [0.4, 0.5) is 10.1 Å². The van der Waals surface area contributed by atoms with Crippen molar-refractivity contribution in [3.8, 4) is 17.2 Å². The molecular formula is C21H20FN3O3. The maximum Gasteiger partial charge on any atom is 0.260 e. The van der Waals surface area contributed by atoms with E-state index in [9.17, 15) is 14.3 Å². The van der Waals surface area contributed by atoms with Gasteiger partial charge < -0.3 is 14.5 Å². The van der Waals surface area contributed by atoms with Crippen LogP contribution in [0.3, 0.4) is 0 Å². The van der Waals surface area contributed by atoms with Gasteiger partial charge in [-0.3, -0.25) is 4.79 Å². The number of amides is 1. The van der Waals surface area contributed by atoms with Crippen LogP contribution in [-0.4, -0.2) is 27.7 Å². The number of phenols is 1. The van der Waals surface area contributed by atoms with Gasteiger partial charge in [0.1, 0.15) is 11.6 Å². The van der Waals surface area contributed by atoms with E-state index in [0.717, 1.165) is 17.5 Å². The molecule has 2 aromatic carbocycles. The predicted molar refractivity (Wildman–Crippen MR) is 102 cm³/mol. The zero-order chi connectivity index (χ0) is 19.7. The molecule has 0 aliphatic carbocycles. The topological polar surface area (TPSA) is 79.5 Å². The molecule has 2 heterocycles. The lowest BCUT2D eigenvalue weighted by atomic mass is 10.1. The van der Waals surface area contributed by atoms with Crippen LogP contribution < -0.4 is 4.90 Å². The second-order valence-corrected chi connectivity index (χ2v) is 6.95. The van der Waals surface area contributed by atoms with Crippen LogP contribution in [0.5, 0.6) is 5.75 Å². The lowest BCUT2D eigenvalue weighted by Gasteiger charge is -2.16. The fourth-order valence-electron chi connectivity index (χ4n) is 3.36. The van der Waals surface area contributed by atoms with E-state index in [-0.39, 0.29) is 23.1 Å². The number of aryl methyl sites for hydroxylation is 3. The van der Waals surface area contributed by atoms with E-state index in [0.29, 0.717) is 37.3 Å². The van der Waals surface area contributed by atoms with Crippen LogP contribution in [0, 0.1) is 12.7 Å². The minimum absolute atomic E-state index is 0.0352. The molecule has 1 fully saturated rings. The van der Waals surface area contributed by atoms with Crippen molar-refractivity contribution in [3.05, 3.63) is 59.2 Å². The summed E-state index contributed by atoms with van der Waals surface area (Å²) in [6.07, 6.45) is 2.51. The first-order valence-electron chi connectivity index (χ1n) is 9.22. The molecule has 1 amide bonds. The first-order chi connectivity index (χ1) is 13.5. The number of rotatable bonds is 5. The summed E-state index contributed by atoms with van der Waals surface area (Å²) >= 11 is 0. The van der Waals surface area contributed by atoms with Crippen LogP contribution in [0.25, 0.3) is 11.5 Å². The minimum atomic E-state index is -0.472. The normalized spacial score (nSPS) is 14.1. The molecule has 6 nitrogen and oxygen atoms in total. The number of hydrogen-bond donors (Lipinski definition) is 1. The molecule has 7 heteroatoms. The van der Waals surface area contributed by atoms with Crippen LogP contribution in [0.2, 0.25) is 0 Å². The molecule has 0 spiro atoms. The third-order valence-electron chi connectivity index (χ3n) is 4.93. The molecule has 0 atom stereocenters. The summed E-state index contributed by atoms with van der Waals surface area (Å²) < 4.78 is 19.6. The van der Waals surface area contributed by atoms with E-state index < -0.39 is 5.82 Å². The van der Waals surface area contributed by atoms with Crippen LogP contribution in [0.15, 0.2) is 40.9 Å². The Hall–Kier alpha value is -3.22. The number of hydrogen-bond acceptors (Lipinski definition) is 5. The van der Waals surface area contributed by atoms with Crippen molar-refractivity contribution < 1.29 is 18.8 Å². The number of carbonyl (C=O) groups is 1. The second kappa shape index (κ2) is 7.42. The third kappa shape index (κ3) is 3.60. The number of carbonyl (C=O) groups excluding carboxylic acids is 1. The van der Waals surface area contributed by atoms with Gasteiger partial charge in [-0.15, -0.1) is 0 Å². The maximum atomic E-state index is 14.3. The lowest BCUT2D eigenvalue weighted by Crippen LogP contribution is -2.23. The SMILES string of the molecule is Cc1cc(CCc2noc(-c3cc(N4CCCC4=O)ccc3F)n2)ccc1O. The number of anilines is 1. The van der Waals surface area contributed by atoms with Crippen LogP contribution in [0.1, 0.15) is 29.8 Å². The molecule has 4 rings (SSSR count). The molecule has 1 aliphatic heterocycles. The van der Waals surface area contributed by atoms with Gasteiger partial charge >= 0.3 is 0 Å². The fraction of sp³-hybridized carbons (Fsp3) is 0.286. The molecule has 0 saturated carbocycles. The number of aromatic hydroxyl groups is 1. The highest BCUT2D eigenvalue weighted by Crippen LogP contribution is 2.29. The smallest absolute Gasteiger partial charge is 0.260 e. The fourth-order valence-corrected chi connectivity index (χ4v) is 3.36. The average Bonchev–Trinajstić information content (AvgIpc) is 3.32. The largest absolute Gasteiger partial charge is 0.508 e. The molecule has 0 bridgehead atoms. The van der Waals surface area contributed by atoms with Gasteiger partial charge in [0.2, 0.25) is 5.91 Å². The Labute approximate surface area is 161 Å². The van der Waals surface area contributed by atoms with Crippen molar-refractivity contribution in [3.63, 3.8) is 0 Å². The van der Waals surface area contributed by atoms with Crippen molar-refractivity contribution in [2.75, 3.05) is 11.4 Å². The number of aromatic nitrogens is 2. The number of phenolic OH excluding ortho intramolecular Hbond substituents is 1. The van der Waals surface area contributed by atoms with Crippen LogP contribution >= 0.6 is 0 Å². The van der Waals surface area contributed by atoms with Crippen molar-refractivity contribution in [1.29, 1.82) is 0 Å². The molecule has 0 unspecified atom stereocenters. The average molecular weight is 381 g/mol. The summed E-state index contributed by atoms with van der Waals surface area (Å²) in [6, 6.07) is 9.91. The van der Waals surface area contributed by atoms with Crippen molar-refractivity contribution >= 4 is 11.6 Å². The monoisotopic (exact) mass is 381 g/mol. The van der Waals surface area contributed by atoms with Crippen molar-refractivity contribution in [2.24, 2.45) is 0 Å². The summed E-state index contributed by atoms with van der Waals surface area (Å²) in [4.78, 5) is 17.9. The number of nitrogens with zero attached hydrogens (tertiary/aromatic N) is 3. The Morgan fingerprint density at radius 1 is 1.21 bits per heavy atom. The molecule has 1 aromatic heterocycles. The summed E-state index contributed by atoms with van der Waals surface area (Å²) in [5, 5.41) is 13.6. The Morgan fingerprint density at radius 2 is 2.07 bits per heavy atom. The van der Waals surface area contributed by atoms with Gasteiger partial charge in [-0.05, 0) is 55.2 Å². The van der Waals surface area contributed by atoms with Gasteiger partial charge in [0.25, 0.3) is 5.89 Å². The standard InChI is InChI=1S/C21H20FN3O3/c1-13-11-14(4-8-18(13)26)5-9-19-23-21(28-24-19)16-12-15(6-7-17(16)22)25-10-2-3-20(25)27/h4,6-8,11-12,26H,2-3,5,9-10H2,1H3. The lowest BCUT2D eigenvalue weighted by molar-refractivity contribution is -0.117. The van der Waals surface area contributed by atoms with E-state index in [1.54, 1.807) is 23.1 Å². The Kier molecular flexibility index (Phi) is 4.81. The van der Waals surface area contributed by atoms with Crippen LogP contribution in [-0.2, 0) is 17.6 Å². The van der Waals surface area contributed by atoms with E-state index in [1.807, 2.05) is 19.1 Å². The van der Waals surface area contributed by atoms with Crippen molar-refractivity contribution in [1.82, 2.24) is 10.1 Å². The summed E-state index contributed by atoms with van der Waals surface area (Å²) in [5.41, 5.74) is 2.68. The van der Waals surface area contributed by atoms with E-state index in [2.05, 4.69) is 10.1 Å². The molecule has 1 aliphatic rings. The van der Waals surface area contributed by atoms with Gasteiger partial charge in [-0.1, -0.05) is 17.3 Å². The predicted octanol–water partition coefficient (Wildman–Crippen LogP) is 3.80. The van der Waals surface area contributed by atoms with Gasteiger partial charge in [-0.2, -0.15) is 4.98 Å². The first kappa shape index (κ1) is 18.2. The van der Waals surface area contributed by atoms with Crippen molar-refractivity contribution in [2.45, 2.75) is 32.6 Å². The summed E-state index contributed by atoms with van der Waals surface area (Å²) in [5.74, 6) is 0.399. The van der Waals surface area contributed by atoms with Gasteiger partial charge in [-0.25, -0.2) is 4.39 Å². The number of benzene rings is 2. The Balaban J connectivity index is 1.52. The van der Waals surface area contributed by atoms with E-state index >= 15 is 0 Å². The number of halogens is 1. The Bertz CT molecular complexity index is 1030. The van der Waals surface area contributed by atoms with Gasteiger partial charge in [0, 0.05) is 25.1 Å². The maximum absolute atomic E-state index is 14.3.